The number of anilines is 1. The molecular weight excluding hydrogens is 288 g/mol. The molecule has 2 rings (SSSR count). The summed E-state index contributed by atoms with van der Waals surface area (Å²) in [4.78, 5) is 23.6. The van der Waals surface area contributed by atoms with Gasteiger partial charge in [0, 0.05) is 16.3 Å². The number of halogens is 1. The van der Waals surface area contributed by atoms with E-state index in [1.54, 1.807) is 36.4 Å². The van der Waals surface area contributed by atoms with E-state index in [1.165, 1.54) is 0 Å². The van der Waals surface area contributed by atoms with E-state index in [9.17, 15) is 9.59 Å². The smallest absolute Gasteiger partial charge is 0.251 e. The van der Waals surface area contributed by atoms with Crippen LogP contribution in [0, 0.1) is 6.92 Å². The second-order valence-electron chi connectivity index (χ2n) is 4.60. The Labute approximate surface area is 128 Å². The number of aryl methyl sites for hydroxylation is 1. The van der Waals surface area contributed by atoms with E-state index >= 15 is 0 Å². The number of hydrogen-bond donors (Lipinski definition) is 2. The van der Waals surface area contributed by atoms with Gasteiger partial charge in [0.05, 0.1) is 6.54 Å². The monoisotopic (exact) mass is 302 g/mol. The number of carbonyl (C=O) groups excluding carboxylic acids is 2. The van der Waals surface area contributed by atoms with E-state index in [0.29, 0.717) is 16.3 Å². The van der Waals surface area contributed by atoms with Crippen molar-refractivity contribution >= 4 is 29.1 Å². The summed E-state index contributed by atoms with van der Waals surface area (Å²) < 4.78 is 0. The van der Waals surface area contributed by atoms with Crippen LogP contribution in [0.2, 0.25) is 5.02 Å². The highest BCUT2D eigenvalue weighted by molar-refractivity contribution is 6.30. The summed E-state index contributed by atoms with van der Waals surface area (Å²) >= 11 is 5.76. The molecule has 0 bridgehead atoms. The van der Waals surface area contributed by atoms with Crippen LogP contribution in [-0.2, 0) is 4.79 Å². The van der Waals surface area contributed by atoms with Crippen LogP contribution in [0.25, 0.3) is 0 Å². The fraction of sp³-hybridized carbons (Fsp3) is 0.125. The van der Waals surface area contributed by atoms with Crippen molar-refractivity contribution in [3.63, 3.8) is 0 Å². The van der Waals surface area contributed by atoms with Gasteiger partial charge >= 0.3 is 0 Å². The van der Waals surface area contributed by atoms with Crippen LogP contribution in [0.1, 0.15) is 15.9 Å². The Hall–Kier alpha value is -2.33. The minimum Gasteiger partial charge on any atom is -0.343 e. The van der Waals surface area contributed by atoms with Crippen molar-refractivity contribution in [2.75, 3.05) is 11.9 Å². The molecule has 0 saturated carbocycles. The highest BCUT2D eigenvalue weighted by Gasteiger charge is 2.08. The van der Waals surface area contributed by atoms with Gasteiger partial charge in [0.1, 0.15) is 0 Å². The van der Waals surface area contributed by atoms with Crippen LogP contribution in [0.4, 0.5) is 5.69 Å². The Kier molecular flexibility index (Phi) is 4.95. The summed E-state index contributed by atoms with van der Waals surface area (Å²) in [6, 6.07) is 13.9. The Bertz CT molecular complexity index is 636. The molecule has 0 aliphatic rings. The van der Waals surface area contributed by atoms with Crippen molar-refractivity contribution in [2.45, 2.75) is 6.92 Å². The number of hydrogen-bond acceptors (Lipinski definition) is 2. The first-order chi connectivity index (χ1) is 10.0. The summed E-state index contributed by atoms with van der Waals surface area (Å²) in [7, 11) is 0. The van der Waals surface area contributed by atoms with E-state index < -0.39 is 0 Å². The molecule has 0 spiro atoms. The van der Waals surface area contributed by atoms with Gasteiger partial charge < -0.3 is 10.6 Å². The third kappa shape index (κ3) is 4.61. The Morgan fingerprint density at radius 3 is 2.24 bits per heavy atom. The van der Waals surface area contributed by atoms with Gasteiger partial charge in [-0.3, -0.25) is 9.59 Å². The number of amides is 2. The molecule has 0 aliphatic heterocycles. The normalized spacial score (nSPS) is 10.0. The highest BCUT2D eigenvalue weighted by Crippen LogP contribution is 2.13. The van der Waals surface area contributed by atoms with Crippen LogP contribution >= 0.6 is 11.6 Å². The maximum Gasteiger partial charge on any atom is 0.251 e. The molecule has 0 saturated heterocycles. The minimum atomic E-state index is -0.294. The zero-order valence-electron chi connectivity index (χ0n) is 11.5. The first-order valence-electron chi connectivity index (χ1n) is 6.45. The van der Waals surface area contributed by atoms with E-state index in [1.807, 2.05) is 19.1 Å². The fourth-order valence-electron chi connectivity index (χ4n) is 1.71. The molecule has 0 radical (unpaired) electrons. The first-order valence-corrected chi connectivity index (χ1v) is 6.83. The SMILES string of the molecule is Cc1ccc(C(=O)NCC(=O)Nc2ccc(Cl)cc2)cc1. The summed E-state index contributed by atoms with van der Waals surface area (Å²) in [5, 5.41) is 5.84. The average molecular weight is 303 g/mol. The van der Waals surface area contributed by atoms with Crippen molar-refractivity contribution in [3.8, 4) is 0 Å². The van der Waals surface area contributed by atoms with Crippen LogP contribution in [0.5, 0.6) is 0 Å². The van der Waals surface area contributed by atoms with E-state index in [4.69, 9.17) is 11.6 Å². The van der Waals surface area contributed by atoms with Crippen molar-refractivity contribution < 1.29 is 9.59 Å². The lowest BCUT2D eigenvalue weighted by atomic mass is 10.1. The van der Waals surface area contributed by atoms with Crippen LogP contribution in [-0.4, -0.2) is 18.4 Å². The molecule has 2 aromatic rings. The third-order valence-corrected chi connectivity index (χ3v) is 3.10. The number of carbonyl (C=O) groups is 2. The molecule has 108 valence electrons. The number of nitrogens with one attached hydrogen (secondary N) is 2. The lowest BCUT2D eigenvalue weighted by molar-refractivity contribution is -0.115. The molecule has 0 aromatic heterocycles. The van der Waals surface area contributed by atoms with Crippen LogP contribution in [0.15, 0.2) is 48.5 Å². The summed E-state index contributed by atoms with van der Waals surface area (Å²) in [6.07, 6.45) is 0. The molecular formula is C16H15ClN2O2. The molecule has 5 heteroatoms. The average Bonchev–Trinajstić information content (AvgIpc) is 2.48. The molecule has 21 heavy (non-hydrogen) atoms. The zero-order valence-corrected chi connectivity index (χ0v) is 12.3. The van der Waals surface area contributed by atoms with Crippen LogP contribution < -0.4 is 10.6 Å². The maximum absolute atomic E-state index is 11.8. The molecule has 0 unspecified atom stereocenters. The number of benzene rings is 2. The lowest BCUT2D eigenvalue weighted by Crippen LogP contribution is -2.32. The summed E-state index contributed by atoms with van der Waals surface area (Å²) in [6.45, 7) is 1.86. The van der Waals surface area contributed by atoms with E-state index in [-0.39, 0.29) is 18.4 Å². The molecule has 2 N–H and O–H groups in total. The maximum atomic E-state index is 11.8. The van der Waals surface area contributed by atoms with Gasteiger partial charge in [0.15, 0.2) is 0 Å². The first kappa shape index (κ1) is 15.1. The fourth-order valence-corrected chi connectivity index (χ4v) is 1.83. The van der Waals surface area contributed by atoms with Gasteiger partial charge in [-0.2, -0.15) is 0 Å². The standard InChI is InChI=1S/C16H15ClN2O2/c1-11-2-4-12(5-3-11)16(21)18-10-15(20)19-14-8-6-13(17)7-9-14/h2-9H,10H2,1H3,(H,18,21)(H,19,20). The van der Waals surface area contributed by atoms with Crippen molar-refractivity contribution in [2.24, 2.45) is 0 Å². The Morgan fingerprint density at radius 1 is 1.00 bits per heavy atom. The van der Waals surface area contributed by atoms with E-state index in [2.05, 4.69) is 10.6 Å². The Balaban J connectivity index is 1.84. The molecule has 0 aliphatic carbocycles. The number of rotatable bonds is 4. The second-order valence-corrected chi connectivity index (χ2v) is 5.04. The van der Waals surface area contributed by atoms with E-state index in [0.717, 1.165) is 5.56 Å². The molecule has 4 nitrogen and oxygen atoms in total. The summed E-state index contributed by atoms with van der Waals surface area (Å²) in [5.74, 6) is -0.570. The molecule has 0 heterocycles. The second kappa shape index (κ2) is 6.90. The third-order valence-electron chi connectivity index (χ3n) is 2.85. The lowest BCUT2D eigenvalue weighted by Gasteiger charge is -2.07. The topological polar surface area (TPSA) is 58.2 Å². The molecule has 2 amide bonds. The van der Waals surface area contributed by atoms with Gasteiger partial charge in [0.2, 0.25) is 5.91 Å². The summed E-state index contributed by atoms with van der Waals surface area (Å²) in [5.41, 5.74) is 2.24. The zero-order chi connectivity index (χ0) is 15.2. The highest BCUT2D eigenvalue weighted by atomic mass is 35.5. The van der Waals surface area contributed by atoms with Gasteiger partial charge in [-0.05, 0) is 43.3 Å². The van der Waals surface area contributed by atoms with Gasteiger partial charge in [-0.1, -0.05) is 29.3 Å². The largest absolute Gasteiger partial charge is 0.343 e. The van der Waals surface area contributed by atoms with Gasteiger partial charge in [-0.15, -0.1) is 0 Å². The predicted octanol–water partition coefficient (Wildman–Crippen LogP) is 3.02. The Morgan fingerprint density at radius 2 is 1.62 bits per heavy atom. The van der Waals surface area contributed by atoms with Gasteiger partial charge in [0.25, 0.3) is 5.91 Å². The minimum absolute atomic E-state index is 0.0880. The molecule has 0 atom stereocenters. The predicted molar refractivity (Wildman–Crippen MR) is 83.6 cm³/mol. The quantitative estimate of drug-likeness (QED) is 0.912. The van der Waals surface area contributed by atoms with Crippen molar-refractivity contribution in [1.29, 1.82) is 0 Å². The van der Waals surface area contributed by atoms with Crippen molar-refractivity contribution in [3.05, 3.63) is 64.7 Å². The van der Waals surface area contributed by atoms with Gasteiger partial charge in [-0.25, -0.2) is 0 Å². The molecule has 2 aromatic carbocycles. The van der Waals surface area contributed by atoms with Crippen LogP contribution in [0.3, 0.4) is 0 Å². The molecule has 0 fully saturated rings. The van der Waals surface area contributed by atoms with Crippen molar-refractivity contribution in [1.82, 2.24) is 5.32 Å².